The predicted octanol–water partition coefficient (Wildman–Crippen LogP) is -0.469. The van der Waals surface area contributed by atoms with Crippen LogP contribution in [0.4, 0.5) is 8.78 Å². The number of amides is 1. The number of halogens is 2. The molecule has 0 N–H and O–H groups in total. The summed E-state index contributed by atoms with van der Waals surface area (Å²) in [6, 6.07) is 0. The SMILES string of the molecule is O=C(N1CCC(OCC2CO2)CC1)C(F)(F)S(=O)(=O)[O-]. The first kappa shape index (κ1) is 15.5. The van der Waals surface area contributed by atoms with E-state index in [1.807, 2.05) is 0 Å². The fraction of sp³-hybridized carbons (Fsp3) is 0.900. The highest BCUT2D eigenvalue weighted by Crippen LogP contribution is 2.26. The summed E-state index contributed by atoms with van der Waals surface area (Å²) in [5.41, 5.74) is 0. The first-order chi connectivity index (χ1) is 9.22. The monoisotopic (exact) mass is 314 g/mol. The van der Waals surface area contributed by atoms with Crippen LogP contribution in [0.3, 0.4) is 0 Å². The maximum absolute atomic E-state index is 13.1. The van der Waals surface area contributed by atoms with E-state index >= 15 is 0 Å². The van der Waals surface area contributed by atoms with E-state index in [0.717, 1.165) is 0 Å². The van der Waals surface area contributed by atoms with Crippen LogP contribution < -0.4 is 0 Å². The molecule has 0 spiro atoms. The number of ether oxygens (including phenoxy) is 2. The molecule has 0 aromatic rings. The van der Waals surface area contributed by atoms with Crippen molar-refractivity contribution in [1.82, 2.24) is 4.90 Å². The molecule has 1 atom stereocenters. The Labute approximate surface area is 114 Å². The third kappa shape index (κ3) is 3.43. The Balaban J connectivity index is 1.84. The van der Waals surface area contributed by atoms with Crippen molar-refractivity contribution in [3.8, 4) is 0 Å². The summed E-state index contributed by atoms with van der Waals surface area (Å²) in [5, 5.41) is -4.91. The number of nitrogens with zero attached hydrogens (tertiary/aromatic N) is 1. The minimum atomic E-state index is -6.00. The molecule has 0 aromatic carbocycles. The topological polar surface area (TPSA) is 99.3 Å². The highest BCUT2D eigenvalue weighted by atomic mass is 32.2. The zero-order valence-corrected chi connectivity index (χ0v) is 11.3. The summed E-state index contributed by atoms with van der Waals surface area (Å²) in [6.45, 7) is 0.925. The molecular weight excluding hydrogens is 300 g/mol. The molecule has 0 saturated carbocycles. The molecule has 2 aliphatic rings. The number of carbonyl (C=O) groups is 1. The van der Waals surface area contributed by atoms with Crippen LogP contribution in [0.2, 0.25) is 0 Å². The summed E-state index contributed by atoms with van der Waals surface area (Å²) in [6.07, 6.45) is 0.534. The van der Waals surface area contributed by atoms with Crippen molar-refractivity contribution in [2.75, 3.05) is 26.3 Å². The van der Waals surface area contributed by atoms with E-state index in [-0.39, 0.29) is 25.3 Å². The van der Waals surface area contributed by atoms with E-state index in [9.17, 15) is 26.5 Å². The lowest BCUT2D eigenvalue weighted by molar-refractivity contribution is -0.150. The summed E-state index contributed by atoms with van der Waals surface area (Å²) in [4.78, 5) is 12.1. The number of epoxide rings is 1. The third-order valence-electron chi connectivity index (χ3n) is 3.21. The maximum atomic E-state index is 13.1. The fourth-order valence-electron chi connectivity index (χ4n) is 1.92. The molecule has 2 saturated heterocycles. The molecular formula is C10H14F2NO6S-. The number of likely N-dealkylation sites (tertiary alicyclic amines) is 1. The number of rotatable bonds is 5. The van der Waals surface area contributed by atoms with Gasteiger partial charge in [-0.15, -0.1) is 0 Å². The molecule has 2 aliphatic heterocycles. The Morgan fingerprint density at radius 3 is 2.40 bits per heavy atom. The second-order valence-electron chi connectivity index (χ2n) is 4.75. The molecule has 0 radical (unpaired) electrons. The Kier molecular flexibility index (Phi) is 4.28. The van der Waals surface area contributed by atoms with Crippen molar-refractivity contribution < 1.29 is 36.0 Å². The molecule has 0 bridgehead atoms. The number of hydrogen-bond acceptors (Lipinski definition) is 6. The number of alkyl halides is 2. The van der Waals surface area contributed by atoms with Gasteiger partial charge in [0, 0.05) is 13.1 Å². The minimum absolute atomic E-state index is 0.0693. The number of piperidine rings is 1. The first-order valence-electron chi connectivity index (χ1n) is 6.07. The van der Waals surface area contributed by atoms with E-state index in [2.05, 4.69) is 0 Å². The largest absolute Gasteiger partial charge is 0.743 e. The summed E-state index contributed by atoms with van der Waals surface area (Å²) >= 11 is 0. The molecule has 20 heavy (non-hydrogen) atoms. The standard InChI is InChI=1S/C10H15F2NO6S/c11-10(12,20(15,16)17)9(14)13-3-1-7(2-4-13)18-5-8-6-19-8/h7-8H,1-6H2,(H,15,16,17)/p-1. The average Bonchev–Trinajstić information content (AvgIpc) is 3.19. The van der Waals surface area contributed by atoms with Gasteiger partial charge >= 0.3 is 11.2 Å². The van der Waals surface area contributed by atoms with Crippen molar-refractivity contribution in [3.05, 3.63) is 0 Å². The van der Waals surface area contributed by atoms with Gasteiger partial charge in [-0.05, 0) is 12.8 Å². The van der Waals surface area contributed by atoms with Crippen LogP contribution in [0, 0.1) is 0 Å². The normalized spacial score (nSPS) is 24.8. The van der Waals surface area contributed by atoms with E-state index in [1.165, 1.54) is 0 Å². The number of carbonyl (C=O) groups excluding carboxylic acids is 1. The second-order valence-corrected chi connectivity index (χ2v) is 6.17. The first-order valence-corrected chi connectivity index (χ1v) is 7.48. The lowest BCUT2D eigenvalue weighted by Crippen LogP contribution is -2.51. The van der Waals surface area contributed by atoms with E-state index < -0.39 is 21.3 Å². The second kappa shape index (κ2) is 5.51. The van der Waals surface area contributed by atoms with Crippen molar-refractivity contribution in [2.24, 2.45) is 0 Å². The van der Waals surface area contributed by atoms with Gasteiger partial charge in [-0.3, -0.25) is 4.79 Å². The van der Waals surface area contributed by atoms with E-state index in [4.69, 9.17) is 9.47 Å². The van der Waals surface area contributed by atoms with Crippen LogP contribution in [0.15, 0.2) is 0 Å². The molecule has 10 heteroatoms. The molecule has 0 aromatic heterocycles. The van der Waals surface area contributed by atoms with Crippen molar-refractivity contribution in [2.45, 2.75) is 30.3 Å². The third-order valence-corrected chi connectivity index (χ3v) is 4.01. The number of hydrogen-bond donors (Lipinski definition) is 0. The van der Waals surface area contributed by atoms with Gasteiger partial charge in [-0.2, -0.15) is 8.78 Å². The maximum Gasteiger partial charge on any atom is 0.410 e. The zero-order valence-electron chi connectivity index (χ0n) is 10.5. The van der Waals surface area contributed by atoms with Crippen LogP contribution in [0.25, 0.3) is 0 Å². The van der Waals surface area contributed by atoms with Gasteiger partial charge < -0.3 is 18.9 Å². The zero-order chi connectivity index (χ0) is 15.0. The molecule has 7 nitrogen and oxygen atoms in total. The smallest absolute Gasteiger partial charge is 0.410 e. The summed E-state index contributed by atoms with van der Waals surface area (Å²) in [7, 11) is -6.00. The molecule has 2 rings (SSSR count). The lowest BCUT2D eigenvalue weighted by atomic mass is 10.1. The van der Waals surface area contributed by atoms with Crippen LogP contribution in [-0.2, 0) is 24.4 Å². The van der Waals surface area contributed by atoms with Gasteiger partial charge in [-0.1, -0.05) is 0 Å². The van der Waals surface area contributed by atoms with Gasteiger partial charge in [-0.25, -0.2) is 8.42 Å². The van der Waals surface area contributed by atoms with Crippen LogP contribution >= 0.6 is 0 Å². The quantitative estimate of drug-likeness (QED) is 0.502. The fourth-order valence-corrected chi connectivity index (χ4v) is 2.27. The summed E-state index contributed by atoms with van der Waals surface area (Å²) < 4.78 is 67.8. The van der Waals surface area contributed by atoms with Gasteiger partial charge in [0.1, 0.15) is 6.10 Å². The Morgan fingerprint density at radius 1 is 1.40 bits per heavy atom. The van der Waals surface area contributed by atoms with E-state index in [0.29, 0.717) is 31.0 Å². The van der Waals surface area contributed by atoms with Gasteiger partial charge in [0.05, 0.1) is 19.3 Å². The van der Waals surface area contributed by atoms with Gasteiger partial charge in [0.25, 0.3) is 0 Å². The Hall–Kier alpha value is -0.840. The molecule has 0 aliphatic carbocycles. The molecule has 2 fully saturated rings. The van der Waals surface area contributed by atoms with Crippen LogP contribution in [-0.4, -0.2) is 67.5 Å². The highest BCUT2D eigenvalue weighted by molar-refractivity contribution is 7.87. The molecule has 1 unspecified atom stereocenters. The van der Waals surface area contributed by atoms with Crippen molar-refractivity contribution >= 4 is 16.0 Å². The van der Waals surface area contributed by atoms with Crippen LogP contribution in [0.1, 0.15) is 12.8 Å². The van der Waals surface area contributed by atoms with Crippen LogP contribution in [0.5, 0.6) is 0 Å². The Bertz CT molecular complexity index is 470. The Morgan fingerprint density at radius 2 is 1.95 bits per heavy atom. The van der Waals surface area contributed by atoms with Crippen molar-refractivity contribution in [1.29, 1.82) is 0 Å². The average molecular weight is 314 g/mol. The molecule has 2 heterocycles. The summed E-state index contributed by atoms with van der Waals surface area (Å²) in [5.74, 6) is -1.96. The van der Waals surface area contributed by atoms with Gasteiger partial charge in [0.2, 0.25) is 0 Å². The molecule has 1 amide bonds. The van der Waals surface area contributed by atoms with Gasteiger partial charge in [0.15, 0.2) is 10.1 Å². The van der Waals surface area contributed by atoms with E-state index in [1.54, 1.807) is 0 Å². The highest BCUT2D eigenvalue weighted by Gasteiger charge is 2.49. The lowest BCUT2D eigenvalue weighted by Gasteiger charge is -2.34. The predicted molar refractivity (Wildman–Crippen MR) is 59.9 cm³/mol. The minimum Gasteiger partial charge on any atom is -0.743 e. The molecule has 116 valence electrons. The van der Waals surface area contributed by atoms with Crippen molar-refractivity contribution in [3.63, 3.8) is 0 Å².